The van der Waals surface area contributed by atoms with Crippen molar-refractivity contribution in [2.24, 2.45) is 5.92 Å². The Morgan fingerprint density at radius 2 is 1.92 bits per heavy atom. The first-order valence-corrected chi connectivity index (χ1v) is 5.65. The van der Waals surface area contributed by atoms with Crippen molar-refractivity contribution >= 4 is 15.9 Å². The normalized spacial score (nSPS) is 26.2. The summed E-state index contributed by atoms with van der Waals surface area (Å²) in [6.07, 6.45) is 1.37. The van der Waals surface area contributed by atoms with E-state index in [9.17, 15) is 0 Å². The Bertz CT molecular complexity index is 341. The van der Waals surface area contributed by atoms with E-state index in [0.29, 0.717) is 0 Å². The summed E-state index contributed by atoms with van der Waals surface area (Å²) >= 11 is 3.61. The second-order valence-corrected chi connectivity index (χ2v) is 5.13. The van der Waals surface area contributed by atoms with Crippen LogP contribution in [0.25, 0.3) is 0 Å². The van der Waals surface area contributed by atoms with Crippen LogP contribution in [0.1, 0.15) is 36.0 Å². The number of rotatable bonds is 1. The van der Waals surface area contributed by atoms with E-state index < -0.39 is 0 Å². The van der Waals surface area contributed by atoms with Gasteiger partial charge in [0.05, 0.1) is 0 Å². The monoisotopic (exact) mass is 238 g/mol. The van der Waals surface area contributed by atoms with Gasteiger partial charge in [-0.25, -0.2) is 0 Å². The summed E-state index contributed by atoms with van der Waals surface area (Å²) in [5, 5.41) is 0. The molecule has 1 aliphatic rings. The van der Waals surface area contributed by atoms with Crippen molar-refractivity contribution in [3.05, 3.63) is 33.3 Å². The van der Waals surface area contributed by atoms with E-state index in [0.717, 1.165) is 11.8 Å². The van der Waals surface area contributed by atoms with Gasteiger partial charge in [0.2, 0.25) is 0 Å². The van der Waals surface area contributed by atoms with Gasteiger partial charge in [0.1, 0.15) is 0 Å². The van der Waals surface area contributed by atoms with Gasteiger partial charge in [0.15, 0.2) is 0 Å². The minimum atomic E-state index is 0.830. The fraction of sp³-hybridized carbons (Fsp3) is 0.500. The topological polar surface area (TPSA) is 0 Å². The Hall–Kier alpha value is -0.300. The van der Waals surface area contributed by atoms with Gasteiger partial charge in [-0.1, -0.05) is 28.9 Å². The molecule has 1 saturated carbocycles. The summed E-state index contributed by atoms with van der Waals surface area (Å²) in [7, 11) is 0. The number of benzene rings is 1. The smallest absolute Gasteiger partial charge is 0.0209 e. The highest BCUT2D eigenvalue weighted by Gasteiger charge is 2.35. The molecule has 0 saturated heterocycles. The van der Waals surface area contributed by atoms with Gasteiger partial charge < -0.3 is 0 Å². The van der Waals surface area contributed by atoms with E-state index in [1.165, 1.54) is 22.0 Å². The van der Waals surface area contributed by atoms with Gasteiger partial charge in [-0.2, -0.15) is 0 Å². The molecule has 0 spiro atoms. The first-order chi connectivity index (χ1) is 6.09. The van der Waals surface area contributed by atoms with Gasteiger partial charge in [-0.05, 0) is 54.9 Å². The molecule has 2 rings (SSSR count). The van der Waals surface area contributed by atoms with Crippen LogP contribution in [0.15, 0.2) is 16.6 Å². The van der Waals surface area contributed by atoms with Crippen molar-refractivity contribution < 1.29 is 0 Å². The molecule has 1 aliphatic carbocycles. The van der Waals surface area contributed by atoms with Crippen LogP contribution < -0.4 is 0 Å². The first kappa shape index (κ1) is 9.26. The highest BCUT2D eigenvalue weighted by molar-refractivity contribution is 9.10. The summed E-state index contributed by atoms with van der Waals surface area (Å²) in [6.45, 7) is 6.71. The lowest BCUT2D eigenvalue weighted by atomic mass is 10.0. The molecule has 1 fully saturated rings. The lowest BCUT2D eigenvalue weighted by Gasteiger charge is -2.08. The molecule has 13 heavy (non-hydrogen) atoms. The number of aryl methyl sites for hydroxylation is 1. The zero-order valence-electron chi connectivity index (χ0n) is 8.39. The molecule has 1 unspecified atom stereocenters. The fourth-order valence-electron chi connectivity index (χ4n) is 1.98. The molecule has 0 aromatic heterocycles. The lowest BCUT2D eigenvalue weighted by Crippen LogP contribution is -1.90. The second kappa shape index (κ2) is 3.13. The highest BCUT2D eigenvalue weighted by Crippen LogP contribution is 2.49. The summed E-state index contributed by atoms with van der Waals surface area (Å²) in [5.74, 6) is 1.73. The zero-order valence-corrected chi connectivity index (χ0v) is 9.98. The van der Waals surface area contributed by atoms with Crippen molar-refractivity contribution in [1.29, 1.82) is 0 Å². The average molecular weight is 239 g/mol. The van der Waals surface area contributed by atoms with E-state index in [2.05, 4.69) is 48.8 Å². The molecule has 1 aromatic rings. The van der Waals surface area contributed by atoms with Crippen molar-refractivity contribution in [3.63, 3.8) is 0 Å². The van der Waals surface area contributed by atoms with Crippen LogP contribution in [-0.2, 0) is 0 Å². The maximum Gasteiger partial charge on any atom is 0.0209 e. The summed E-state index contributed by atoms with van der Waals surface area (Å²) in [6, 6.07) is 4.54. The number of halogens is 1. The van der Waals surface area contributed by atoms with Crippen LogP contribution in [-0.4, -0.2) is 0 Å². The Morgan fingerprint density at radius 1 is 1.31 bits per heavy atom. The predicted molar refractivity (Wildman–Crippen MR) is 60.1 cm³/mol. The molecule has 2 atom stereocenters. The van der Waals surface area contributed by atoms with Gasteiger partial charge in [-0.15, -0.1) is 0 Å². The molecule has 0 amide bonds. The third-order valence-corrected chi connectivity index (χ3v) is 3.86. The van der Waals surface area contributed by atoms with Gasteiger partial charge >= 0.3 is 0 Å². The Kier molecular flexibility index (Phi) is 2.23. The molecule has 0 nitrogen and oxygen atoms in total. The fourth-order valence-corrected chi connectivity index (χ4v) is 2.57. The molecule has 0 aliphatic heterocycles. The predicted octanol–water partition coefficient (Wildman–Crippen LogP) is 4.19. The standard InChI is InChI=1S/C12H15Br/c1-7-4-11(10-6-8(10)2)9(3)12(13)5-7/h4-5,8,10H,6H2,1-3H3/t8?,10-/m1/s1. The third kappa shape index (κ3) is 1.67. The van der Waals surface area contributed by atoms with Crippen LogP contribution in [0.2, 0.25) is 0 Å². The number of hydrogen-bond donors (Lipinski definition) is 0. The van der Waals surface area contributed by atoms with E-state index in [1.54, 1.807) is 5.56 Å². The van der Waals surface area contributed by atoms with Crippen molar-refractivity contribution in [1.82, 2.24) is 0 Å². The van der Waals surface area contributed by atoms with Crippen molar-refractivity contribution in [2.45, 2.75) is 33.1 Å². The van der Waals surface area contributed by atoms with Gasteiger partial charge in [0.25, 0.3) is 0 Å². The van der Waals surface area contributed by atoms with Crippen LogP contribution in [0.5, 0.6) is 0 Å². The Balaban J connectivity index is 2.44. The van der Waals surface area contributed by atoms with E-state index in [4.69, 9.17) is 0 Å². The van der Waals surface area contributed by atoms with Gasteiger partial charge in [0, 0.05) is 4.47 Å². The molecular formula is C12H15Br. The Morgan fingerprint density at radius 3 is 2.46 bits per heavy atom. The molecule has 0 radical (unpaired) electrons. The maximum absolute atomic E-state index is 3.61. The quantitative estimate of drug-likeness (QED) is 0.689. The molecular weight excluding hydrogens is 224 g/mol. The van der Waals surface area contributed by atoms with Crippen LogP contribution in [0.4, 0.5) is 0 Å². The Labute approximate surface area is 88.5 Å². The van der Waals surface area contributed by atoms with Crippen LogP contribution >= 0.6 is 15.9 Å². The largest absolute Gasteiger partial charge is 0.0619 e. The SMILES string of the molecule is Cc1cc(Br)c(C)c([C@@H]2CC2C)c1. The summed E-state index contributed by atoms with van der Waals surface area (Å²) in [4.78, 5) is 0. The zero-order chi connectivity index (χ0) is 9.59. The first-order valence-electron chi connectivity index (χ1n) is 4.86. The van der Waals surface area contributed by atoms with Crippen molar-refractivity contribution in [3.8, 4) is 0 Å². The van der Waals surface area contributed by atoms with E-state index in [1.807, 2.05) is 0 Å². The molecule has 1 heteroatoms. The van der Waals surface area contributed by atoms with Gasteiger partial charge in [-0.3, -0.25) is 0 Å². The molecule has 0 heterocycles. The van der Waals surface area contributed by atoms with Crippen LogP contribution in [0.3, 0.4) is 0 Å². The van der Waals surface area contributed by atoms with Crippen LogP contribution in [0, 0.1) is 19.8 Å². The molecule has 0 N–H and O–H groups in total. The minimum absolute atomic E-state index is 0.830. The minimum Gasteiger partial charge on any atom is -0.0619 e. The van der Waals surface area contributed by atoms with E-state index >= 15 is 0 Å². The highest BCUT2D eigenvalue weighted by atomic mass is 79.9. The molecule has 1 aromatic carbocycles. The third-order valence-electron chi connectivity index (χ3n) is 3.04. The second-order valence-electron chi connectivity index (χ2n) is 4.28. The summed E-state index contributed by atoms with van der Waals surface area (Å²) in [5.41, 5.74) is 4.35. The lowest BCUT2D eigenvalue weighted by molar-refractivity contribution is 0.906. The number of hydrogen-bond acceptors (Lipinski definition) is 0. The summed E-state index contributed by atoms with van der Waals surface area (Å²) < 4.78 is 1.27. The van der Waals surface area contributed by atoms with Crippen molar-refractivity contribution in [2.75, 3.05) is 0 Å². The molecule has 70 valence electrons. The molecule has 0 bridgehead atoms. The maximum atomic E-state index is 3.61. The van der Waals surface area contributed by atoms with E-state index in [-0.39, 0.29) is 0 Å². The average Bonchev–Trinajstić information content (AvgIpc) is 2.75.